The predicted molar refractivity (Wildman–Crippen MR) is 111 cm³/mol. The van der Waals surface area contributed by atoms with E-state index in [9.17, 15) is 4.79 Å². The number of para-hydroxylation sites is 1. The Balaban J connectivity index is 1.33. The minimum absolute atomic E-state index is 0.00372. The molecule has 0 aliphatic carbocycles. The third kappa shape index (κ3) is 3.27. The van der Waals surface area contributed by atoms with Crippen LogP contribution in [-0.4, -0.2) is 23.7 Å². The zero-order valence-electron chi connectivity index (χ0n) is 16.1. The number of carbonyl (C=O) groups is 1. The molecule has 0 saturated heterocycles. The molecule has 2 aliphatic rings. The molecule has 1 atom stereocenters. The van der Waals surface area contributed by atoms with Gasteiger partial charge in [0.05, 0.1) is 0 Å². The molecule has 29 heavy (non-hydrogen) atoms. The molecule has 0 bridgehead atoms. The normalized spacial score (nSPS) is 16.6. The molecule has 1 N–H and O–H groups in total. The van der Waals surface area contributed by atoms with E-state index >= 15 is 0 Å². The first kappa shape index (κ1) is 17.6. The Bertz CT molecular complexity index is 1080. The molecule has 5 rings (SSSR count). The summed E-state index contributed by atoms with van der Waals surface area (Å²) in [5.41, 5.74) is 3.88. The number of nitrogens with zero attached hydrogens (tertiary/aromatic N) is 2. The van der Waals surface area contributed by atoms with Gasteiger partial charge in [0.15, 0.2) is 11.5 Å². The largest absolute Gasteiger partial charge is 0.454 e. The van der Waals surface area contributed by atoms with Crippen molar-refractivity contribution in [3.05, 3.63) is 77.5 Å². The summed E-state index contributed by atoms with van der Waals surface area (Å²) < 4.78 is 10.8. The Morgan fingerprint density at radius 2 is 2.00 bits per heavy atom. The molecule has 146 valence electrons. The molecule has 1 aromatic heterocycles. The van der Waals surface area contributed by atoms with Crippen molar-refractivity contribution in [3.63, 3.8) is 0 Å². The molecule has 6 nitrogen and oxygen atoms in total. The van der Waals surface area contributed by atoms with E-state index in [2.05, 4.69) is 23.3 Å². The van der Waals surface area contributed by atoms with E-state index in [4.69, 9.17) is 9.47 Å². The summed E-state index contributed by atoms with van der Waals surface area (Å²) in [5, 5.41) is 3.29. The summed E-state index contributed by atoms with van der Waals surface area (Å²) >= 11 is 0. The fourth-order valence-corrected chi connectivity index (χ4v) is 3.92. The summed E-state index contributed by atoms with van der Waals surface area (Å²) in [6.45, 7) is 2.91. The molecule has 1 amide bonds. The smallest absolute Gasteiger partial charge is 0.258 e. The van der Waals surface area contributed by atoms with Crippen molar-refractivity contribution < 1.29 is 14.3 Å². The second kappa shape index (κ2) is 7.13. The average molecular weight is 387 g/mol. The Hall–Kier alpha value is -3.54. The number of nitrogens with one attached hydrogen (secondary N) is 1. The van der Waals surface area contributed by atoms with E-state index in [-0.39, 0.29) is 18.7 Å². The van der Waals surface area contributed by atoms with Gasteiger partial charge in [-0.3, -0.25) is 4.79 Å². The van der Waals surface area contributed by atoms with Gasteiger partial charge in [0.2, 0.25) is 6.79 Å². The van der Waals surface area contributed by atoms with Gasteiger partial charge in [0, 0.05) is 30.0 Å². The van der Waals surface area contributed by atoms with E-state index in [1.807, 2.05) is 47.4 Å². The summed E-state index contributed by atoms with van der Waals surface area (Å²) in [6.07, 6.45) is 2.55. The monoisotopic (exact) mass is 387 g/mol. The highest BCUT2D eigenvalue weighted by Gasteiger charge is 2.31. The van der Waals surface area contributed by atoms with Gasteiger partial charge in [-0.25, -0.2) is 4.98 Å². The first-order valence-electron chi connectivity index (χ1n) is 9.69. The molecule has 2 aromatic carbocycles. The number of hydrogen-bond donors (Lipinski definition) is 1. The lowest BCUT2D eigenvalue weighted by molar-refractivity contribution is 0.0981. The first-order chi connectivity index (χ1) is 14.2. The van der Waals surface area contributed by atoms with Crippen molar-refractivity contribution >= 4 is 17.4 Å². The van der Waals surface area contributed by atoms with E-state index in [1.165, 1.54) is 5.56 Å². The SMILES string of the molecule is CC1Cc2ccccc2N1C(=O)c1ccnc(NCc2ccc3c(c2)OCO3)c1. The van der Waals surface area contributed by atoms with Gasteiger partial charge in [0.1, 0.15) is 5.82 Å². The number of carbonyl (C=O) groups excluding carboxylic acids is 1. The van der Waals surface area contributed by atoms with E-state index < -0.39 is 0 Å². The lowest BCUT2D eigenvalue weighted by Gasteiger charge is -2.23. The molecule has 2 aliphatic heterocycles. The third-order valence-corrected chi connectivity index (χ3v) is 5.34. The van der Waals surface area contributed by atoms with Gasteiger partial charge in [0.25, 0.3) is 5.91 Å². The van der Waals surface area contributed by atoms with E-state index in [0.717, 1.165) is 29.2 Å². The molecule has 3 aromatic rings. The number of hydrogen-bond acceptors (Lipinski definition) is 5. The number of ether oxygens (including phenoxy) is 2. The van der Waals surface area contributed by atoms with Crippen LogP contribution in [0.4, 0.5) is 11.5 Å². The average Bonchev–Trinajstić information content (AvgIpc) is 3.34. The van der Waals surface area contributed by atoms with Crippen molar-refractivity contribution in [1.82, 2.24) is 4.98 Å². The van der Waals surface area contributed by atoms with Crippen LogP contribution in [0.2, 0.25) is 0 Å². The van der Waals surface area contributed by atoms with Crippen molar-refractivity contribution in [2.24, 2.45) is 0 Å². The zero-order chi connectivity index (χ0) is 19.8. The maximum atomic E-state index is 13.2. The number of pyridine rings is 1. The Labute approximate surface area is 169 Å². The molecule has 3 heterocycles. The molecule has 1 unspecified atom stereocenters. The van der Waals surface area contributed by atoms with E-state index in [1.54, 1.807) is 12.3 Å². The van der Waals surface area contributed by atoms with Crippen LogP contribution in [0.3, 0.4) is 0 Å². The standard InChI is InChI=1S/C23H21N3O3/c1-15-10-17-4-2-3-5-19(17)26(15)23(27)18-8-9-24-22(12-18)25-13-16-6-7-20-21(11-16)29-14-28-20/h2-9,11-12,15H,10,13-14H2,1H3,(H,24,25). The van der Waals surface area contributed by atoms with Crippen LogP contribution in [0.5, 0.6) is 11.5 Å². The molecule has 0 spiro atoms. The molecular weight excluding hydrogens is 366 g/mol. The summed E-state index contributed by atoms with van der Waals surface area (Å²) in [5.74, 6) is 2.17. The highest BCUT2D eigenvalue weighted by molar-refractivity contribution is 6.08. The Kier molecular flexibility index (Phi) is 4.31. The van der Waals surface area contributed by atoms with Crippen molar-refractivity contribution in [2.75, 3.05) is 17.0 Å². The summed E-state index contributed by atoms with van der Waals surface area (Å²) in [7, 11) is 0. The molecule has 6 heteroatoms. The fourth-order valence-electron chi connectivity index (χ4n) is 3.92. The Morgan fingerprint density at radius 3 is 2.93 bits per heavy atom. The number of amides is 1. The van der Waals surface area contributed by atoms with Gasteiger partial charge < -0.3 is 19.7 Å². The molecule has 0 fully saturated rings. The van der Waals surface area contributed by atoms with Crippen LogP contribution in [0.25, 0.3) is 0 Å². The van der Waals surface area contributed by atoms with Crippen molar-refractivity contribution in [1.29, 1.82) is 0 Å². The minimum atomic E-state index is -0.00372. The van der Waals surface area contributed by atoms with Crippen LogP contribution < -0.4 is 19.7 Å². The maximum absolute atomic E-state index is 13.2. The van der Waals surface area contributed by atoms with Crippen molar-refractivity contribution in [3.8, 4) is 11.5 Å². The second-order valence-corrected chi connectivity index (χ2v) is 7.33. The molecule has 0 radical (unpaired) electrons. The molecule has 0 saturated carbocycles. The number of benzene rings is 2. The van der Waals surface area contributed by atoms with Crippen LogP contribution in [0, 0.1) is 0 Å². The molecular formula is C23H21N3O3. The minimum Gasteiger partial charge on any atom is -0.454 e. The van der Waals surface area contributed by atoms with Crippen LogP contribution in [0.15, 0.2) is 60.8 Å². The van der Waals surface area contributed by atoms with Crippen molar-refractivity contribution in [2.45, 2.75) is 25.9 Å². The lowest BCUT2D eigenvalue weighted by atomic mass is 10.1. The number of fused-ring (bicyclic) bond motifs is 2. The van der Waals surface area contributed by atoms with E-state index in [0.29, 0.717) is 17.9 Å². The van der Waals surface area contributed by atoms with Crippen LogP contribution in [0.1, 0.15) is 28.4 Å². The summed E-state index contributed by atoms with van der Waals surface area (Å²) in [4.78, 5) is 19.5. The topological polar surface area (TPSA) is 63.7 Å². The number of aromatic nitrogens is 1. The van der Waals surface area contributed by atoms with Gasteiger partial charge in [-0.1, -0.05) is 24.3 Å². The highest BCUT2D eigenvalue weighted by atomic mass is 16.7. The second-order valence-electron chi connectivity index (χ2n) is 7.33. The van der Waals surface area contributed by atoms with Gasteiger partial charge in [-0.2, -0.15) is 0 Å². The quantitative estimate of drug-likeness (QED) is 0.733. The predicted octanol–water partition coefficient (Wildman–Crippen LogP) is 4.01. The lowest BCUT2D eigenvalue weighted by Crippen LogP contribution is -2.35. The van der Waals surface area contributed by atoms with Gasteiger partial charge in [-0.15, -0.1) is 0 Å². The Morgan fingerprint density at radius 1 is 1.14 bits per heavy atom. The first-order valence-corrected chi connectivity index (χ1v) is 9.69. The maximum Gasteiger partial charge on any atom is 0.258 e. The summed E-state index contributed by atoms with van der Waals surface area (Å²) in [6, 6.07) is 17.6. The fraction of sp³-hybridized carbons (Fsp3) is 0.217. The number of rotatable bonds is 4. The van der Waals surface area contributed by atoms with Crippen LogP contribution >= 0.6 is 0 Å². The number of anilines is 2. The highest BCUT2D eigenvalue weighted by Crippen LogP contribution is 2.34. The van der Waals surface area contributed by atoms with Gasteiger partial charge >= 0.3 is 0 Å². The van der Waals surface area contributed by atoms with Gasteiger partial charge in [-0.05, 0) is 54.8 Å². The van der Waals surface area contributed by atoms with Crippen LogP contribution in [-0.2, 0) is 13.0 Å². The third-order valence-electron chi connectivity index (χ3n) is 5.34. The zero-order valence-corrected chi connectivity index (χ0v) is 16.1.